The summed E-state index contributed by atoms with van der Waals surface area (Å²) in [5, 5.41) is -0.440. The molecule has 1 aliphatic heterocycles. The zero-order valence-electron chi connectivity index (χ0n) is 4.97. The maximum Gasteiger partial charge on any atom is 0.283 e. The molecule has 0 aromatic carbocycles. The summed E-state index contributed by atoms with van der Waals surface area (Å²) in [6.07, 6.45) is -0.208. The second kappa shape index (κ2) is 3.30. The first-order valence-corrected chi connectivity index (χ1v) is 3.65. The Balaban J connectivity index is 2.69. The molecule has 2 atom stereocenters. The van der Waals surface area contributed by atoms with Gasteiger partial charge in [0.05, 0.1) is 11.6 Å². The average molecular weight is 183 g/mol. The summed E-state index contributed by atoms with van der Waals surface area (Å²) in [7, 11) is 0. The molecule has 1 heterocycles. The number of hydrogen-bond donors (Lipinski definition) is 0. The molecular weight excluding hydrogens is 178 g/mol. The lowest BCUT2D eigenvalue weighted by Gasteiger charge is -2.10. The maximum atomic E-state index is 12.3. The van der Waals surface area contributed by atoms with Gasteiger partial charge in [-0.3, -0.25) is 0 Å². The van der Waals surface area contributed by atoms with Crippen LogP contribution in [0.4, 0.5) is 4.39 Å². The summed E-state index contributed by atoms with van der Waals surface area (Å²) in [6.45, 7) is 0. The van der Waals surface area contributed by atoms with Crippen LogP contribution in [0.3, 0.4) is 0 Å². The van der Waals surface area contributed by atoms with E-state index in [1.807, 2.05) is 0 Å². The molecular formula is C5H5Cl2FN2. The molecule has 0 aromatic heterocycles. The largest absolute Gasteiger partial charge is 0.283 e. The smallest absolute Gasteiger partial charge is 0.239 e. The van der Waals surface area contributed by atoms with Gasteiger partial charge in [-0.15, -0.1) is 23.2 Å². The third-order valence-electron chi connectivity index (χ3n) is 1.07. The van der Waals surface area contributed by atoms with Crippen LogP contribution in [-0.4, -0.2) is 29.6 Å². The standard InChI is InChI=1S/C5H5Cl2FN2/c6-1-4-3(7)2-9-5(8)10-4/h2-3,5H,1H2. The molecule has 0 saturated carbocycles. The first-order valence-electron chi connectivity index (χ1n) is 2.68. The first kappa shape index (κ1) is 7.95. The topological polar surface area (TPSA) is 24.7 Å². The second-order valence-electron chi connectivity index (χ2n) is 1.76. The molecule has 0 aromatic rings. The van der Waals surface area contributed by atoms with Gasteiger partial charge in [0.1, 0.15) is 5.38 Å². The van der Waals surface area contributed by atoms with Crippen molar-refractivity contribution in [3.8, 4) is 0 Å². The zero-order chi connectivity index (χ0) is 7.56. The SMILES string of the molecule is FC1N=CC(Cl)C(CCl)=N1. The Morgan fingerprint density at radius 2 is 2.40 bits per heavy atom. The summed E-state index contributed by atoms with van der Waals surface area (Å²) < 4.78 is 12.3. The average Bonchev–Trinajstić information content (AvgIpc) is 1.94. The Kier molecular flexibility index (Phi) is 2.63. The molecule has 56 valence electrons. The van der Waals surface area contributed by atoms with Crippen LogP contribution in [-0.2, 0) is 0 Å². The van der Waals surface area contributed by atoms with Gasteiger partial charge in [0.2, 0.25) is 0 Å². The summed E-state index contributed by atoms with van der Waals surface area (Å²) in [6, 6.07) is 0. The van der Waals surface area contributed by atoms with E-state index in [9.17, 15) is 4.39 Å². The van der Waals surface area contributed by atoms with E-state index in [2.05, 4.69) is 9.98 Å². The van der Waals surface area contributed by atoms with Crippen LogP contribution >= 0.6 is 23.2 Å². The molecule has 0 bridgehead atoms. The second-order valence-corrected chi connectivity index (χ2v) is 2.50. The summed E-state index contributed by atoms with van der Waals surface area (Å²) in [5.41, 5.74) is 0.436. The summed E-state index contributed by atoms with van der Waals surface area (Å²) in [5.74, 6) is 0.153. The molecule has 0 fully saturated rings. The van der Waals surface area contributed by atoms with Crippen molar-refractivity contribution >= 4 is 35.1 Å². The van der Waals surface area contributed by atoms with Crippen LogP contribution in [0.2, 0.25) is 0 Å². The zero-order valence-corrected chi connectivity index (χ0v) is 6.48. The molecule has 0 saturated heterocycles. The first-order chi connectivity index (χ1) is 4.74. The van der Waals surface area contributed by atoms with Crippen LogP contribution in [0.5, 0.6) is 0 Å². The maximum absolute atomic E-state index is 12.3. The van der Waals surface area contributed by atoms with Crippen molar-refractivity contribution in [3.63, 3.8) is 0 Å². The normalized spacial score (nSPS) is 32.1. The number of alkyl halides is 3. The molecule has 0 N–H and O–H groups in total. The van der Waals surface area contributed by atoms with Crippen molar-refractivity contribution in [3.05, 3.63) is 0 Å². The van der Waals surface area contributed by atoms with Gasteiger partial charge < -0.3 is 0 Å². The van der Waals surface area contributed by atoms with Gasteiger partial charge in [0, 0.05) is 6.21 Å². The van der Waals surface area contributed by atoms with E-state index in [1.54, 1.807) is 0 Å². The molecule has 2 unspecified atom stereocenters. The lowest BCUT2D eigenvalue weighted by Crippen LogP contribution is -2.23. The molecule has 2 nitrogen and oxygen atoms in total. The van der Waals surface area contributed by atoms with E-state index in [0.717, 1.165) is 0 Å². The van der Waals surface area contributed by atoms with Gasteiger partial charge in [-0.1, -0.05) is 0 Å². The van der Waals surface area contributed by atoms with Gasteiger partial charge in [0.15, 0.2) is 0 Å². The fourth-order valence-corrected chi connectivity index (χ4v) is 1.09. The van der Waals surface area contributed by atoms with Crippen LogP contribution in [0.1, 0.15) is 0 Å². The Hall–Kier alpha value is -0.150. The van der Waals surface area contributed by atoms with E-state index >= 15 is 0 Å². The highest BCUT2D eigenvalue weighted by molar-refractivity contribution is 6.45. The minimum atomic E-state index is -1.51. The van der Waals surface area contributed by atoms with Crippen LogP contribution in [0, 0.1) is 0 Å². The minimum absolute atomic E-state index is 0.153. The quantitative estimate of drug-likeness (QED) is 0.435. The number of halogens is 3. The van der Waals surface area contributed by atoms with Crippen molar-refractivity contribution in [1.29, 1.82) is 0 Å². The van der Waals surface area contributed by atoms with Gasteiger partial charge in [-0.05, 0) is 0 Å². The number of hydrogen-bond acceptors (Lipinski definition) is 2. The van der Waals surface area contributed by atoms with E-state index in [1.165, 1.54) is 6.21 Å². The highest BCUT2D eigenvalue weighted by atomic mass is 35.5. The van der Waals surface area contributed by atoms with Gasteiger partial charge in [-0.2, -0.15) is 4.39 Å². The lowest BCUT2D eigenvalue weighted by molar-refractivity contribution is 0.360. The van der Waals surface area contributed by atoms with E-state index in [0.29, 0.717) is 5.71 Å². The Morgan fingerprint density at radius 1 is 1.70 bits per heavy atom. The Labute approximate surface area is 67.8 Å². The van der Waals surface area contributed by atoms with E-state index < -0.39 is 11.8 Å². The predicted octanol–water partition coefficient (Wildman–Crippen LogP) is 1.61. The van der Waals surface area contributed by atoms with E-state index in [-0.39, 0.29) is 5.88 Å². The lowest BCUT2D eigenvalue weighted by atomic mass is 10.3. The van der Waals surface area contributed by atoms with Crippen LogP contribution < -0.4 is 0 Å². The van der Waals surface area contributed by atoms with Crippen LogP contribution in [0.25, 0.3) is 0 Å². The molecule has 1 rings (SSSR count). The Bertz CT molecular complexity index is 180. The summed E-state index contributed by atoms with van der Waals surface area (Å²) in [4.78, 5) is 6.81. The molecule has 0 amide bonds. The van der Waals surface area contributed by atoms with Crippen molar-refractivity contribution in [2.24, 2.45) is 9.98 Å². The molecule has 5 heteroatoms. The van der Waals surface area contributed by atoms with E-state index in [4.69, 9.17) is 23.2 Å². The van der Waals surface area contributed by atoms with Crippen LogP contribution in [0.15, 0.2) is 9.98 Å². The third kappa shape index (κ3) is 1.67. The molecule has 0 spiro atoms. The fraction of sp³-hybridized carbons (Fsp3) is 0.600. The van der Waals surface area contributed by atoms with Crippen molar-refractivity contribution in [2.75, 3.05) is 5.88 Å². The fourth-order valence-electron chi connectivity index (χ4n) is 0.582. The predicted molar refractivity (Wildman–Crippen MR) is 41.2 cm³/mol. The van der Waals surface area contributed by atoms with Gasteiger partial charge in [-0.25, -0.2) is 9.98 Å². The number of nitrogens with zero attached hydrogens (tertiary/aromatic N) is 2. The molecule has 10 heavy (non-hydrogen) atoms. The monoisotopic (exact) mass is 182 g/mol. The van der Waals surface area contributed by atoms with Gasteiger partial charge >= 0.3 is 0 Å². The van der Waals surface area contributed by atoms with Crippen molar-refractivity contribution in [1.82, 2.24) is 0 Å². The number of rotatable bonds is 1. The molecule has 1 aliphatic rings. The van der Waals surface area contributed by atoms with Crippen molar-refractivity contribution in [2.45, 2.75) is 11.8 Å². The summed E-state index contributed by atoms with van der Waals surface area (Å²) >= 11 is 11.0. The number of aliphatic imine (C=N–C) groups is 2. The third-order valence-corrected chi connectivity index (χ3v) is 1.71. The molecule has 0 aliphatic carbocycles. The molecule has 0 radical (unpaired) electrons. The van der Waals surface area contributed by atoms with Gasteiger partial charge in [0.25, 0.3) is 6.42 Å². The minimum Gasteiger partial charge on any atom is -0.239 e. The highest BCUT2D eigenvalue weighted by Gasteiger charge is 2.16. The van der Waals surface area contributed by atoms with Crippen molar-refractivity contribution < 1.29 is 4.39 Å². The Morgan fingerprint density at radius 3 is 2.90 bits per heavy atom. The highest BCUT2D eigenvalue weighted by Crippen LogP contribution is 2.09.